The summed E-state index contributed by atoms with van der Waals surface area (Å²) in [6, 6.07) is 13.9. The number of nitrogens with zero attached hydrogens (tertiary/aromatic N) is 3. The minimum Gasteiger partial charge on any atom is -0.302 e. The molecule has 0 radical (unpaired) electrons. The summed E-state index contributed by atoms with van der Waals surface area (Å²) in [5.41, 5.74) is 5.88. The second-order valence-corrected chi connectivity index (χ2v) is 7.61. The Bertz CT molecular complexity index is 1020. The Kier molecular flexibility index (Phi) is 7.13. The van der Waals surface area contributed by atoms with Crippen molar-refractivity contribution in [2.45, 2.75) is 18.6 Å². The largest absolute Gasteiger partial charge is 0.302 e. The van der Waals surface area contributed by atoms with Crippen molar-refractivity contribution in [1.29, 1.82) is 0 Å². The molecule has 10 heteroatoms. The highest BCUT2D eigenvalue weighted by atomic mass is 35.5. The van der Waals surface area contributed by atoms with Crippen molar-refractivity contribution in [2.24, 2.45) is 0 Å². The molecule has 0 saturated carbocycles. The van der Waals surface area contributed by atoms with Gasteiger partial charge in [-0.2, -0.15) is 0 Å². The molecule has 0 atom stereocenters. The summed E-state index contributed by atoms with van der Waals surface area (Å²) in [5.74, 6) is -0.120. The smallest absolute Gasteiger partial charge is 0.271 e. The summed E-state index contributed by atoms with van der Waals surface area (Å²) in [5, 5.41) is 9.94. The van der Waals surface area contributed by atoms with Crippen LogP contribution in [0.1, 0.15) is 17.3 Å². The zero-order valence-corrected chi connectivity index (χ0v) is 17.7. The molecule has 0 saturated heterocycles. The molecule has 2 aromatic carbocycles. The molecule has 7 nitrogen and oxygen atoms in total. The van der Waals surface area contributed by atoms with Gasteiger partial charge in [-0.05, 0) is 43.3 Å². The molecule has 1 heterocycles. The van der Waals surface area contributed by atoms with E-state index in [0.717, 1.165) is 5.56 Å². The number of aromatic nitrogens is 3. The standard InChI is InChI=1S/C19H17Cl2N5O2S/c1-2-26-17(12-7-9-13(20)10-8-12)23-25-19(26)29-11-16(27)22-24-18(28)14-5-3-4-6-15(14)21/h3-10H,2,11H2,1H3,(H,22,27)(H,24,28). The maximum Gasteiger partial charge on any atom is 0.271 e. The fourth-order valence-corrected chi connectivity index (χ4v) is 3.65. The van der Waals surface area contributed by atoms with Crippen LogP contribution in [-0.2, 0) is 11.3 Å². The average molecular weight is 450 g/mol. The minimum atomic E-state index is -0.490. The lowest BCUT2D eigenvalue weighted by Crippen LogP contribution is -2.42. The Morgan fingerprint density at radius 1 is 1.03 bits per heavy atom. The molecule has 0 aliphatic rings. The Balaban J connectivity index is 1.58. The van der Waals surface area contributed by atoms with Crippen LogP contribution in [0.3, 0.4) is 0 Å². The van der Waals surface area contributed by atoms with Crippen LogP contribution >= 0.6 is 35.0 Å². The van der Waals surface area contributed by atoms with Crippen LogP contribution < -0.4 is 10.9 Å². The van der Waals surface area contributed by atoms with Gasteiger partial charge in [0, 0.05) is 17.1 Å². The van der Waals surface area contributed by atoms with E-state index >= 15 is 0 Å². The van der Waals surface area contributed by atoms with Crippen LogP contribution in [0.15, 0.2) is 53.7 Å². The summed E-state index contributed by atoms with van der Waals surface area (Å²) in [7, 11) is 0. The maximum absolute atomic E-state index is 12.1. The van der Waals surface area contributed by atoms with Crippen molar-refractivity contribution in [3.8, 4) is 11.4 Å². The van der Waals surface area contributed by atoms with Gasteiger partial charge in [-0.25, -0.2) is 0 Å². The molecular formula is C19H17Cl2N5O2S. The van der Waals surface area contributed by atoms with Crippen molar-refractivity contribution in [1.82, 2.24) is 25.6 Å². The van der Waals surface area contributed by atoms with Crippen molar-refractivity contribution in [2.75, 3.05) is 5.75 Å². The van der Waals surface area contributed by atoms with Gasteiger partial charge in [-0.1, -0.05) is 47.1 Å². The van der Waals surface area contributed by atoms with E-state index in [2.05, 4.69) is 21.0 Å². The topological polar surface area (TPSA) is 88.9 Å². The Hall–Kier alpha value is -2.55. The molecule has 0 bridgehead atoms. The lowest BCUT2D eigenvalue weighted by atomic mass is 10.2. The number of hydrogen-bond acceptors (Lipinski definition) is 5. The first kappa shape index (κ1) is 21.2. The highest BCUT2D eigenvalue weighted by Crippen LogP contribution is 2.25. The van der Waals surface area contributed by atoms with Gasteiger partial charge in [0.05, 0.1) is 16.3 Å². The Morgan fingerprint density at radius 3 is 2.45 bits per heavy atom. The molecular weight excluding hydrogens is 433 g/mol. The van der Waals surface area contributed by atoms with E-state index in [9.17, 15) is 9.59 Å². The molecule has 0 unspecified atom stereocenters. The zero-order valence-electron chi connectivity index (χ0n) is 15.4. The van der Waals surface area contributed by atoms with Crippen LogP contribution in [0.25, 0.3) is 11.4 Å². The molecule has 29 heavy (non-hydrogen) atoms. The number of carbonyl (C=O) groups is 2. The third-order valence-electron chi connectivity index (χ3n) is 3.90. The monoisotopic (exact) mass is 449 g/mol. The number of hydrogen-bond donors (Lipinski definition) is 2. The first-order chi connectivity index (χ1) is 14.0. The van der Waals surface area contributed by atoms with Gasteiger partial charge in [0.2, 0.25) is 5.91 Å². The van der Waals surface area contributed by atoms with E-state index in [-0.39, 0.29) is 17.2 Å². The van der Waals surface area contributed by atoms with Gasteiger partial charge >= 0.3 is 0 Å². The predicted octanol–water partition coefficient (Wildman–Crippen LogP) is 3.83. The number of amides is 2. The number of benzene rings is 2. The van der Waals surface area contributed by atoms with Crippen LogP contribution in [0.2, 0.25) is 10.0 Å². The molecule has 3 rings (SSSR count). The number of carbonyl (C=O) groups excluding carboxylic acids is 2. The second kappa shape index (κ2) is 9.78. The summed E-state index contributed by atoms with van der Waals surface area (Å²) >= 11 is 13.1. The molecule has 1 aromatic heterocycles. The first-order valence-corrected chi connectivity index (χ1v) is 10.4. The summed E-state index contributed by atoms with van der Waals surface area (Å²) in [6.07, 6.45) is 0. The fourth-order valence-electron chi connectivity index (χ4n) is 2.50. The molecule has 3 aromatic rings. The molecule has 2 amide bonds. The van der Waals surface area contributed by atoms with E-state index < -0.39 is 5.91 Å². The van der Waals surface area contributed by atoms with E-state index in [4.69, 9.17) is 23.2 Å². The highest BCUT2D eigenvalue weighted by Gasteiger charge is 2.15. The van der Waals surface area contributed by atoms with E-state index in [1.807, 2.05) is 23.6 Å². The van der Waals surface area contributed by atoms with Crippen LogP contribution in [-0.4, -0.2) is 32.3 Å². The second-order valence-electron chi connectivity index (χ2n) is 5.83. The average Bonchev–Trinajstić information content (AvgIpc) is 3.14. The van der Waals surface area contributed by atoms with Crippen molar-refractivity contribution < 1.29 is 9.59 Å². The number of thioether (sulfide) groups is 1. The van der Waals surface area contributed by atoms with Crippen LogP contribution in [0.4, 0.5) is 0 Å². The normalized spacial score (nSPS) is 10.6. The number of nitrogens with one attached hydrogen (secondary N) is 2. The zero-order chi connectivity index (χ0) is 20.8. The van der Waals surface area contributed by atoms with Gasteiger partial charge in [0.25, 0.3) is 5.91 Å². The van der Waals surface area contributed by atoms with Crippen molar-refractivity contribution in [3.05, 3.63) is 64.1 Å². The molecule has 0 aliphatic carbocycles. The minimum absolute atomic E-state index is 0.0571. The molecule has 150 valence electrons. The van der Waals surface area contributed by atoms with Gasteiger partial charge in [-0.3, -0.25) is 20.4 Å². The van der Waals surface area contributed by atoms with Gasteiger partial charge in [-0.15, -0.1) is 10.2 Å². The summed E-state index contributed by atoms with van der Waals surface area (Å²) in [6.45, 7) is 2.61. The SMILES string of the molecule is CCn1c(SCC(=O)NNC(=O)c2ccccc2Cl)nnc1-c1ccc(Cl)cc1. The van der Waals surface area contributed by atoms with Crippen molar-refractivity contribution in [3.63, 3.8) is 0 Å². The third kappa shape index (κ3) is 5.29. The number of hydrazine groups is 1. The molecule has 0 fully saturated rings. The number of rotatable bonds is 6. The predicted molar refractivity (Wildman–Crippen MR) is 114 cm³/mol. The maximum atomic E-state index is 12.1. The first-order valence-electron chi connectivity index (χ1n) is 8.65. The van der Waals surface area contributed by atoms with Gasteiger partial charge in [0.1, 0.15) is 0 Å². The van der Waals surface area contributed by atoms with E-state index in [1.54, 1.807) is 36.4 Å². The van der Waals surface area contributed by atoms with Crippen LogP contribution in [0.5, 0.6) is 0 Å². The third-order valence-corrected chi connectivity index (χ3v) is 5.45. The van der Waals surface area contributed by atoms with Crippen LogP contribution in [0, 0.1) is 0 Å². The fraction of sp³-hybridized carbons (Fsp3) is 0.158. The van der Waals surface area contributed by atoms with Crippen molar-refractivity contribution >= 4 is 46.8 Å². The number of halogens is 2. The summed E-state index contributed by atoms with van der Waals surface area (Å²) in [4.78, 5) is 24.2. The van der Waals surface area contributed by atoms with E-state index in [1.165, 1.54) is 11.8 Å². The lowest BCUT2D eigenvalue weighted by Gasteiger charge is -2.09. The lowest BCUT2D eigenvalue weighted by molar-refractivity contribution is -0.119. The quantitative estimate of drug-likeness (QED) is 0.440. The summed E-state index contributed by atoms with van der Waals surface area (Å²) < 4.78 is 1.91. The van der Waals surface area contributed by atoms with Gasteiger partial charge < -0.3 is 4.57 Å². The molecule has 2 N–H and O–H groups in total. The Morgan fingerprint density at radius 2 is 1.76 bits per heavy atom. The Labute approximate surface area is 181 Å². The molecule has 0 aliphatic heterocycles. The molecule has 0 spiro atoms. The van der Waals surface area contributed by atoms with E-state index in [0.29, 0.717) is 27.6 Å². The van der Waals surface area contributed by atoms with Gasteiger partial charge in [0.15, 0.2) is 11.0 Å². The highest BCUT2D eigenvalue weighted by molar-refractivity contribution is 7.99.